The Morgan fingerprint density at radius 1 is 1.35 bits per heavy atom. The summed E-state index contributed by atoms with van der Waals surface area (Å²) in [5.74, 6) is 0.175. The van der Waals surface area contributed by atoms with Crippen molar-refractivity contribution in [3.05, 3.63) is 46.7 Å². The maximum atomic E-state index is 12.9. The van der Waals surface area contributed by atoms with E-state index in [4.69, 9.17) is 9.47 Å². The highest BCUT2D eigenvalue weighted by atomic mass is 32.1. The predicted molar refractivity (Wildman–Crippen MR) is 114 cm³/mol. The van der Waals surface area contributed by atoms with Crippen LogP contribution in [0.3, 0.4) is 0 Å². The lowest BCUT2D eigenvalue weighted by molar-refractivity contribution is -0.0517. The molecule has 1 saturated carbocycles. The van der Waals surface area contributed by atoms with Crippen LogP contribution in [0.1, 0.15) is 47.9 Å². The van der Waals surface area contributed by atoms with Crippen molar-refractivity contribution in [2.24, 2.45) is 5.92 Å². The monoisotopic (exact) mass is 448 g/mol. The van der Waals surface area contributed by atoms with Gasteiger partial charge in [0.2, 0.25) is 0 Å². The number of esters is 1. The normalized spacial score (nSPS) is 14.3. The van der Waals surface area contributed by atoms with Gasteiger partial charge in [0.05, 0.1) is 18.9 Å². The van der Waals surface area contributed by atoms with Crippen LogP contribution in [-0.2, 0) is 4.74 Å². The van der Waals surface area contributed by atoms with Gasteiger partial charge in [-0.15, -0.1) is 11.3 Å². The van der Waals surface area contributed by atoms with E-state index in [1.165, 1.54) is 17.4 Å². The van der Waals surface area contributed by atoms with Crippen LogP contribution in [0.25, 0.3) is 17.1 Å². The number of hydrogen-bond donors (Lipinski definition) is 0. The molecule has 0 saturated heterocycles. The molecular formula is C22H22F2N2O4S. The molecule has 2 aromatic heterocycles. The summed E-state index contributed by atoms with van der Waals surface area (Å²) >= 11 is 1.39. The second-order valence-electron chi connectivity index (χ2n) is 7.12. The van der Waals surface area contributed by atoms with E-state index in [0.29, 0.717) is 34.4 Å². The first-order chi connectivity index (χ1) is 15.1. The Hall–Kier alpha value is -2.94. The summed E-state index contributed by atoms with van der Waals surface area (Å²) in [6.45, 7) is -0.537. The zero-order valence-corrected chi connectivity index (χ0v) is 17.7. The standard InChI is InChI=1S/C22H22F2N2O4S/c1-2-28-20(27)18-16(25-22-26(18)11-12-31-22)10-9-15-7-4-8-17(30-21(23)24)19(15)29-13-14-5-3-6-14/h4,7-12,14,21H,2-3,5-6,13H2,1H3/b10-9+. The van der Waals surface area contributed by atoms with Crippen LogP contribution in [0, 0.1) is 5.92 Å². The minimum absolute atomic E-state index is 0.0205. The molecule has 164 valence electrons. The minimum atomic E-state index is -2.96. The minimum Gasteiger partial charge on any atom is -0.489 e. The van der Waals surface area contributed by atoms with Gasteiger partial charge in [0.1, 0.15) is 0 Å². The van der Waals surface area contributed by atoms with Gasteiger partial charge in [0.15, 0.2) is 22.2 Å². The number of aromatic nitrogens is 2. The van der Waals surface area contributed by atoms with Crippen molar-refractivity contribution >= 4 is 34.4 Å². The van der Waals surface area contributed by atoms with Gasteiger partial charge in [-0.2, -0.15) is 8.78 Å². The van der Waals surface area contributed by atoms with E-state index in [-0.39, 0.29) is 18.1 Å². The molecule has 1 aromatic carbocycles. The SMILES string of the molecule is CCOC(=O)c1c(/C=C/c2cccc(OC(F)F)c2OCC2CCC2)nc2sccn12. The van der Waals surface area contributed by atoms with Gasteiger partial charge in [0.25, 0.3) is 0 Å². The van der Waals surface area contributed by atoms with Crippen LogP contribution in [0.4, 0.5) is 8.78 Å². The summed E-state index contributed by atoms with van der Waals surface area (Å²) in [6, 6.07) is 4.81. The zero-order chi connectivity index (χ0) is 21.8. The number of carbonyl (C=O) groups is 1. The maximum Gasteiger partial charge on any atom is 0.387 e. The summed E-state index contributed by atoms with van der Waals surface area (Å²) in [4.78, 5) is 17.6. The molecule has 0 bridgehead atoms. The highest BCUT2D eigenvalue weighted by Crippen LogP contribution is 2.36. The fourth-order valence-corrected chi connectivity index (χ4v) is 4.08. The smallest absolute Gasteiger partial charge is 0.387 e. The molecule has 4 rings (SSSR count). The molecule has 1 fully saturated rings. The Morgan fingerprint density at radius 3 is 2.90 bits per heavy atom. The third kappa shape index (κ3) is 4.71. The quantitative estimate of drug-likeness (QED) is 0.403. The van der Waals surface area contributed by atoms with E-state index in [1.54, 1.807) is 41.8 Å². The second-order valence-corrected chi connectivity index (χ2v) is 7.99. The van der Waals surface area contributed by atoms with Crippen LogP contribution in [0.5, 0.6) is 11.5 Å². The van der Waals surface area contributed by atoms with Crippen LogP contribution in [-0.4, -0.2) is 35.2 Å². The van der Waals surface area contributed by atoms with Gasteiger partial charge < -0.3 is 14.2 Å². The van der Waals surface area contributed by atoms with Crippen LogP contribution in [0.15, 0.2) is 29.8 Å². The summed E-state index contributed by atoms with van der Waals surface area (Å²) < 4.78 is 43.2. The molecular weight excluding hydrogens is 426 g/mol. The van der Waals surface area contributed by atoms with Crippen molar-refractivity contribution in [1.29, 1.82) is 0 Å². The highest BCUT2D eigenvalue weighted by Gasteiger charge is 2.22. The molecule has 1 aliphatic rings. The summed E-state index contributed by atoms with van der Waals surface area (Å²) in [6.07, 6.45) is 8.38. The fourth-order valence-electron chi connectivity index (χ4n) is 3.36. The number of hydrogen-bond acceptors (Lipinski definition) is 6. The van der Waals surface area contributed by atoms with Crippen molar-refractivity contribution in [1.82, 2.24) is 9.38 Å². The molecule has 0 amide bonds. The number of carbonyl (C=O) groups excluding carboxylic acids is 1. The lowest BCUT2D eigenvalue weighted by Gasteiger charge is -2.26. The number of fused-ring (bicyclic) bond motifs is 1. The van der Waals surface area contributed by atoms with Crippen molar-refractivity contribution in [3.63, 3.8) is 0 Å². The molecule has 31 heavy (non-hydrogen) atoms. The number of ether oxygens (including phenoxy) is 3. The molecule has 0 N–H and O–H groups in total. The summed E-state index contributed by atoms with van der Waals surface area (Å²) in [5, 5.41) is 1.83. The lowest BCUT2D eigenvalue weighted by Crippen LogP contribution is -2.20. The van der Waals surface area contributed by atoms with E-state index in [2.05, 4.69) is 9.72 Å². The second kappa shape index (κ2) is 9.47. The number of para-hydroxylation sites is 1. The molecule has 1 aliphatic carbocycles. The first kappa shape index (κ1) is 21.3. The van der Waals surface area contributed by atoms with Crippen LogP contribution >= 0.6 is 11.3 Å². The molecule has 3 aromatic rings. The van der Waals surface area contributed by atoms with Crippen molar-refractivity contribution in [2.45, 2.75) is 32.8 Å². The third-order valence-electron chi connectivity index (χ3n) is 5.09. The molecule has 0 radical (unpaired) electrons. The van der Waals surface area contributed by atoms with Crippen molar-refractivity contribution in [2.75, 3.05) is 13.2 Å². The van der Waals surface area contributed by atoms with Crippen molar-refractivity contribution < 1.29 is 27.8 Å². The van der Waals surface area contributed by atoms with Gasteiger partial charge in [-0.05, 0) is 43.9 Å². The Morgan fingerprint density at radius 2 is 2.19 bits per heavy atom. The van der Waals surface area contributed by atoms with Gasteiger partial charge in [-0.25, -0.2) is 9.78 Å². The molecule has 0 unspecified atom stereocenters. The van der Waals surface area contributed by atoms with E-state index >= 15 is 0 Å². The molecule has 9 heteroatoms. The van der Waals surface area contributed by atoms with Crippen LogP contribution < -0.4 is 9.47 Å². The van der Waals surface area contributed by atoms with Crippen molar-refractivity contribution in [3.8, 4) is 11.5 Å². The molecule has 2 heterocycles. The molecule has 0 atom stereocenters. The number of benzene rings is 1. The maximum absolute atomic E-state index is 12.9. The predicted octanol–water partition coefficient (Wildman–Crippen LogP) is 5.52. The third-order valence-corrected chi connectivity index (χ3v) is 5.85. The Kier molecular flexibility index (Phi) is 6.50. The van der Waals surface area contributed by atoms with Gasteiger partial charge in [-0.1, -0.05) is 18.6 Å². The van der Waals surface area contributed by atoms with Gasteiger partial charge >= 0.3 is 12.6 Å². The number of thiazole rings is 1. The number of halogens is 2. The molecule has 0 aliphatic heterocycles. The lowest BCUT2D eigenvalue weighted by atomic mass is 9.86. The molecule has 0 spiro atoms. The first-order valence-corrected chi connectivity index (χ1v) is 11.0. The number of rotatable bonds is 9. The highest BCUT2D eigenvalue weighted by molar-refractivity contribution is 7.15. The van der Waals surface area contributed by atoms with Gasteiger partial charge in [-0.3, -0.25) is 4.40 Å². The van der Waals surface area contributed by atoms with Crippen LogP contribution in [0.2, 0.25) is 0 Å². The van der Waals surface area contributed by atoms with E-state index in [0.717, 1.165) is 19.3 Å². The van der Waals surface area contributed by atoms with E-state index in [9.17, 15) is 13.6 Å². The number of alkyl halides is 2. The Labute approximate surface area is 182 Å². The topological polar surface area (TPSA) is 62.1 Å². The largest absolute Gasteiger partial charge is 0.489 e. The molecule has 6 nitrogen and oxygen atoms in total. The van der Waals surface area contributed by atoms with Gasteiger partial charge in [0, 0.05) is 17.1 Å². The number of nitrogens with zero attached hydrogens (tertiary/aromatic N) is 2. The zero-order valence-electron chi connectivity index (χ0n) is 16.9. The Bertz CT molecular complexity index is 1090. The number of imidazole rings is 1. The summed E-state index contributed by atoms with van der Waals surface area (Å²) in [7, 11) is 0. The fraction of sp³-hybridized carbons (Fsp3) is 0.364. The van der Waals surface area contributed by atoms with E-state index < -0.39 is 12.6 Å². The average Bonchev–Trinajstić information content (AvgIpc) is 3.27. The van der Waals surface area contributed by atoms with E-state index in [1.807, 2.05) is 5.38 Å². The first-order valence-electron chi connectivity index (χ1n) is 10.1. The average molecular weight is 448 g/mol. The summed E-state index contributed by atoms with van der Waals surface area (Å²) in [5.41, 5.74) is 1.30. The Balaban J connectivity index is 1.67.